The van der Waals surface area contributed by atoms with Gasteiger partial charge in [0, 0.05) is 5.19 Å². The fraction of sp³-hybridized carbons (Fsp3) is 0.143. The molecule has 0 heterocycles. The van der Waals surface area contributed by atoms with E-state index in [1.807, 2.05) is 0 Å². The van der Waals surface area contributed by atoms with Gasteiger partial charge in [0.1, 0.15) is 0 Å². The Hall–Kier alpha value is 1.47. The molecule has 0 aliphatic heterocycles. The van der Waals surface area contributed by atoms with Crippen LogP contribution in [0, 0.1) is 6.92 Å². The van der Waals surface area contributed by atoms with Crippen molar-refractivity contribution in [2.45, 2.75) is 6.92 Å². The molecular formula is C7H3Cl7Si. The number of hydrogen-bond donors (Lipinski definition) is 0. The van der Waals surface area contributed by atoms with E-state index in [-0.39, 0.29) is 20.1 Å². The molecule has 0 fully saturated rings. The van der Waals surface area contributed by atoms with E-state index in [9.17, 15) is 0 Å². The van der Waals surface area contributed by atoms with Gasteiger partial charge in [-0.05, 0) is 12.5 Å². The Balaban J connectivity index is 3.68. The monoisotopic (exact) mass is 360 g/mol. The summed E-state index contributed by atoms with van der Waals surface area (Å²) in [5.74, 6) is 0. The summed E-state index contributed by atoms with van der Waals surface area (Å²) in [5, 5.41) is 1.10. The van der Waals surface area contributed by atoms with Gasteiger partial charge in [-0.15, -0.1) is 33.2 Å². The van der Waals surface area contributed by atoms with Gasteiger partial charge in [0.05, 0.1) is 20.1 Å². The average Bonchev–Trinajstić information content (AvgIpc) is 2.09. The Morgan fingerprint density at radius 1 is 0.733 bits per heavy atom. The zero-order valence-electron chi connectivity index (χ0n) is 7.15. The van der Waals surface area contributed by atoms with Crippen LogP contribution in [-0.2, 0) is 0 Å². The Labute approximate surface area is 122 Å². The van der Waals surface area contributed by atoms with Crippen LogP contribution in [0.3, 0.4) is 0 Å². The van der Waals surface area contributed by atoms with E-state index in [0.717, 1.165) is 0 Å². The van der Waals surface area contributed by atoms with Gasteiger partial charge < -0.3 is 0 Å². The van der Waals surface area contributed by atoms with Crippen LogP contribution in [0.25, 0.3) is 0 Å². The minimum absolute atomic E-state index is 0.114. The molecule has 1 aromatic rings. The van der Waals surface area contributed by atoms with Crippen molar-refractivity contribution in [3.8, 4) is 0 Å². The average molecular weight is 363 g/mol. The van der Waals surface area contributed by atoms with Crippen molar-refractivity contribution in [1.29, 1.82) is 0 Å². The van der Waals surface area contributed by atoms with Crippen molar-refractivity contribution in [1.82, 2.24) is 0 Å². The third kappa shape index (κ3) is 2.83. The van der Waals surface area contributed by atoms with Crippen LogP contribution in [0.1, 0.15) is 5.56 Å². The van der Waals surface area contributed by atoms with Crippen LogP contribution in [-0.4, -0.2) is 6.00 Å². The molecule has 0 radical (unpaired) electrons. The normalized spacial score (nSPS) is 12.0. The molecule has 15 heavy (non-hydrogen) atoms. The molecule has 0 unspecified atom stereocenters. The first-order valence-electron chi connectivity index (χ1n) is 3.57. The third-order valence-electron chi connectivity index (χ3n) is 1.79. The quantitative estimate of drug-likeness (QED) is 0.269. The summed E-state index contributed by atoms with van der Waals surface area (Å²) in [4.78, 5) is 0. The van der Waals surface area contributed by atoms with E-state index in [0.29, 0.717) is 10.8 Å². The highest BCUT2D eigenvalue weighted by atomic mass is 35.8. The molecule has 0 bridgehead atoms. The van der Waals surface area contributed by atoms with Crippen molar-refractivity contribution in [3.05, 3.63) is 25.7 Å². The SMILES string of the molecule is Cc1c(Cl)c(Cl)c(Cl)c(Cl)c1[Si](Cl)(Cl)Cl. The van der Waals surface area contributed by atoms with Crippen LogP contribution in [0.4, 0.5) is 0 Å². The molecule has 0 nitrogen and oxygen atoms in total. The number of hydrogen-bond acceptors (Lipinski definition) is 0. The molecule has 0 saturated heterocycles. The fourth-order valence-corrected chi connectivity index (χ4v) is 6.09. The van der Waals surface area contributed by atoms with Crippen molar-refractivity contribution in [2.24, 2.45) is 0 Å². The van der Waals surface area contributed by atoms with Crippen LogP contribution in [0.15, 0.2) is 0 Å². The second-order valence-electron chi connectivity index (χ2n) is 2.75. The lowest BCUT2D eigenvalue weighted by atomic mass is 10.2. The van der Waals surface area contributed by atoms with Crippen LogP contribution < -0.4 is 5.19 Å². The van der Waals surface area contributed by atoms with Crippen molar-refractivity contribution < 1.29 is 0 Å². The Bertz CT molecular complexity index is 380. The summed E-state index contributed by atoms with van der Waals surface area (Å²) in [7, 11) is 0. The highest BCUT2D eigenvalue weighted by Gasteiger charge is 2.35. The molecule has 0 aromatic heterocycles. The maximum Gasteiger partial charge on any atom is 0.374 e. The lowest BCUT2D eigenvalue weighted by Crippen LogP contribution is -2.34. The largest absolute Gasteiger partial charge is 0.374 e. The predicted molar refractivity (Wildman–Crippen MR) is 74.2 cm³/mol. The Morgan fingerprint density at radius 2 is 1.13 bits per heavy atom. The first-order valence-corrected chi connectivity index (χ1v) is 10.1. The molecule has 8 heteroatoms. The first-order chi connectivity index (χ1) is 6.68. The van der Waals surface area contributed by atoms with E-state index >= 15 is 0 Å². The Kier molecular flexibility index (Phi) is 4.83. The second kappa shape index (κ2) is 4.99. The zero-order chi connectivity index (χ0) is 12.0. The van der Waals surface area contributed by atoms with Crippen LogP contribution in [0.2, 0.25) is 20.1 Å². The molecule has 0 N–H and O–H groups in total. The molecular weight excluding hydrogens is 360 g/mol. The van der Waals surface area contributed by atoms with E-state index < -0.39 is 6.00 Å². The van der Waals surface area contributed by atoms with E-state index in [1.54, 1.807) is 6.92 Å². The highest BCUT2D eigenvalue weighted by molar-refractivity contribution is 7.69. The van der Waals surface area contributed by atoms with Gasteiger partial charge in [-0.25, -0.2) is 0 Å². The summed E-state index contributed by atoms with van der Waals surface area (Å²) in [6.45, 7) is 1.68. The molecule has 0 aliphatic rings. The second-order valence-corrected chi connectivity index (χ2v) is 12.6. The summed E-state index contributed by atoms with van der Waals surface area (Å²) in [6, 6.07) is -3.15. The molecule has 1 aromatic carbocycles. The summed E-state index contributed by atoms with van der Waals surface area (Å²) in [5.41, 5.74) is 0.558. The first kappa shape index (κ1) is 14.5. The maximum absolute atomic E-state index is 5.97. The minimum Gasteiger partial charge on any atom is -0.121 e. The smallest absolute Gasteiger partial charge is 0.121 e. The summed E-state index contributed by atoms with van der Waals surface area (Å²) < 4.78 is 0. The highest BCUT2D eigenvalue weighted by Crippen LogP contribution is 2.39. The molecule has 0 amide bonds. The number of benzene rings is 1. The van der Waals surface area contributed by atoms with Crippen LogP contribution >= 0.6 is 79.6 Å². The van der Waals surface area contributed by atoms with Crippen molar-refractivity contribution in [3.63, 3.8) is 0 Å². The van der Waals surface area contributed by atoms with Crippen LogP contribution in [0.5, 0.6) is 0 Å². The van der Waals surface area contributed by atoms with Gasteiger partial charge >= 0.3 is 6.00 Å². The van der Waals surface area contributed by atoms with Gasteiger partial charge in [0.25, 0.3) is 0 Å². The van der Waals surface area contributed by atoms with E-state index in [2.05, 4.69) is 0 Å². The van der Waals surface area contributed by atoms with E-state index in [4.69, 9.17) is 79.6 Å². The number of halogens is 7. The van der Waals surface area contributed by atoms with E-state index in [1.165, 1.54) is 0 Å². The van der Waals surface area contributed by atoms with Gasteiger partial charge in [0.15, 0.2) is 0 Å². The zero-order valence-corrected chi connectivity index (χ0v) is 13.4. The molecule has 0 atom stereocenters. The lowest BCUT2D eigenvalue weighted by molar-refractivity contribution is 1.51. The Morgan fingerprint density at radius 3 is 1.53 bits per heavy atom. The molecule has 84 valence electrons. The topological polar surface area (TPSA) is 0 Å². The maximum atomic E-state index is 5.97. The third-order valence-corrected chi connectivity index (χ3v) is 6.73. The molecule has 0 saturated carbocycles. The summed E-state index contributed by atoms with van der Waals surface area (Å²) in [6.07, 6.45) is 0. The molecule has 0 aliphatic carbocycles. The lowest BCUT2D eigenvalue weighted by Gasteiger charge is -2.17. The minimum atomic E-state index is -3.15. The predicted octanol–water partition coefficient (Wildman–Crippen LogP) is 5.47. The fourth-order valence-electron chi connectivity index (χ4n) is 1.08. The van der Waals surface area contributed by atoms with Crippen molar-refractivity contribution >= 4 is 90.8 Å². The van der Waals surface area contributed by atoms with Gasteiger partial charge in [-0.3, -0.25) is 0 Å². The standard InChI is InChI=1S/C7H3Cl7Si/c1-2-3(8)4(9)5(10)6(11)7(2)15(12,13)14/h1H3. The van der Waals surface area contributed by atoms with Gasteiger partial charge in [0.2, 0.25) is 0 Å². The van der Waals surface area contributed by atoms with Crippen molar-refractivity contribution in [2.75, 3.05) is 0 Å². The van der Waals surface area contributed by atoms with Gasteiger partial charge in [-0.2, -0.15) is 0 Å². The number of rotatable bonds is 1. The molecule has 1 rings (SSSR count). The summed E-state index contributed by atoms with van der Waals surface area (Å²) >= 11 is 41.3. The molecule has 0 spiro atoms. The van der Waals surface area contributed by atoms with Gasteiger partial charge in [-0.1, -0.05) is 46.4 Å².